The monoisotopic (exact) mass is 475 g/mol. The Hall–Kier alpha value is -1.95. The van der Waals surface area contributed by atoms with Crippen molar-refractivity contribution < 1.29 is 14.7 Å². The highest BCUT2D eigenvalue weighted by Gasteiger charge is 2.49. The molecule has 0 saturated carbocycles. The summed E-state index contributed by atoms with van der Waals surface area (Å²) in [7, 11) is 0. The summed E-state index contributed by atoms with van der Waals surface area (Å²) in [5.74, 6) is -1.59. The van der Waals surface area contributed by atoms with Crippen LogP contribution in [0.2, 0.25) is 5.02 Å². The number of rotatable bonds is 5. The molecule has 29 heavy (non-hydrogen) atoms. The molecule has 1 aliphatic carbocycles. The molecular weight excluding hydrogens is 454 g/mol. The van der Waals surface area contributed by atoms with Crippen molar-refractivity contribution in [3.05, 3.63) is 74.9 Å². The third-order valence-electron chi connectivity index (χ3n) is 5.36. The predicted octanol–water partition coefficient (Wildman–Crippen LogP) is 5.50. The van der Waals surface area contributed by atoms with Gasteiger partial charge in [0.25, 0.3) is 0 Å². The molecule has 0 aromatic heterocycles. The number of Topliss-reactive ketones (excluding diaryl/α,β-unsaturated/α-hetero) is 2. The highest BCUT2D eigenvalue weighted by molar-refractivity contribution is 9.10. The molecule has 0 fully saturated rings. The summed E-state index contributed by atoms with van der Waals surface area (Å²) in [6.45, 7) is 4.62. The second kappa shape index (κ2) is 8.42. The molecule has 1 aliphatic rings. The summed E-state index contributed by atoms with van der Waals surface area (Å²) in [6.07, 6.45) is 0.173. The van der Waals surface area contributed by atoms with Crippen LogP contribution < -0.4 is 5.32 Å². The number of carbonyl (C=O) groups is 2. The first-order valence-corrected chi connectivity index (χ1v) is 10.5. The average molecular weight is 477 g/mol. The van der Waals surface area contributed by atoms with Crippen molar-refractivity contribution in [3.8, 4) is 0 Å². The first-order valence-electron chi connectivity index (χ1n) is 9.35. The Labute approximate surface area is 184 Å². The molecule has 0 heterocycles. The van der Waals surface area contributed by atoms with Gasteiger partial charge >= 0.3 is 0 Å². The van der Waals surface area contributed by atoms with Gasteiger partial charge in [-0.3, -0.25) is 9.59 Å². The number of aliphatic hydroxyl groups is 1. The summed E-state index contributed by atoms with van der Waals surface area (Å²) in [4.78, 5) is 25.3. The molecule has 4 nitrogen and oxygen atoms in total. The van der Waals surface area contributed by atoms with Crippen molar-refractivity contribution in [2.45, 2.75) is 38.7 Å². The Morgan fingerprint density at radius 1 is 1.10 bits per heavy atom. The molecule has 0 spiro atoms. The van der Waals surface area contributed by atoms with Crippen LogP contribution in [0.25, 0.3) is 0 Å². The number of hydrogen-bond donors (Lipinski definition) is 2. The minimum Gasteiger partial charge on any atom is -0.389 e. The number of carbonyl (C=O) groups excluding carboxylic acids is 2. The first kappa shape index (κ1) is 21.8. The second-order valence-corrected chi connectivity index (χ2v) is 9.08. The molecule has 0 radical (unpaired) electrons. The fourth-order valence-electron chi connectivity index (χ4n) is 4.23. The molecule has 2 aromatic rings. The van der Waals surface area contributed by atoms with E-state index < -0.39 is 17.4 Å². The minimum absolute atomic E-state index is 0.133. The summed E-state index contributed by atoms with van der Waals surface area (Å²) in [6, 6.07) is 14.7. The third kappa shape index (κ3) is 4.63. The van der Waals surface area contributed by atoms with E-state index in [1.165, 1.54) is 13.8 Å². The van der Waals surface area contributed by atoms with Gasteiger partial charge in [0.05, 0.1) is 11.5 Å². The lowest BCUT2D eigenvalue weighted by molar-refractivity contribution is -0.131. The molecule has 152 valence electrons. The van der Waals surface area contributed by atoms with E-state index in [0.29, 0.717) is 16.3 Å². The van der Waals surface area contributed by atoms with Crippen LogP contribution in [0.3, 0.4) is 0 Å². The van der Waals surface area contributed by atoms with Gasteiger partial charge in [0, 0.05) is 38.8 Å². The van der Waals surface area contributed by atoms with Gasteiger partial charge in [0.2, 0.25) is 0 Å². The zero-order valence-electron chi connectivity index (χ0n) is 16.5. The molecular formula is C23H23BrClNO3. The zero-order chi connectivity index (χ0) is 21.3. The van der Waals surface area contributed by atoms with Crippen molar-refractivity contribution >= 4 is 44.8 Å². The minimum atomic E-state index is -1.31. The Bertz CT molecular complexity index is 965. The maximum atomic E-state index is 12.8. The van der Waals surface area contributed by atoms with Crippen LogP contribution in [-0.2, 0) is 9.59 Å². The summed E-state index contributed by atoms with van der Waals surface area (Å²) in [5.41, 5.74) is 1.40. The quantitative estimate of drug-likeness (QED) is 0.598. The van der Waals surface area contributed by atoms with Crippen LogP contribution >= 0.6 is 27.5 Å². The van der Waals surface area contributed by atoms with Gasteiger partial charge in [-0.2, -0.15) is 0 Å². The molecule has 2 N–H and O–H groups in total. The Balaban J connectivity index is 2.19. The van der Waals surface area contributed by atoms with E-state index >= 15 is 0 Å². The second-order valence-electron chi connectivity index (χ2n) is 7.73. The first-order chi connectivity index (χ1) is 13.6. The van der Waals surface area contributed by atoms with E-state index in [2.05, 4.69) is 21.2 Å². The maximum absolute atomic E-state index is 12.8. The molecule has 3 rings (SSSR count). The molecule has 0 saturated heterocycles. The number of hydrogen-bond acceptors (Lipinski definition) is 4. The van der Waals surface area contributed by atoms with E-state index in [1.54, 1.807) is 19.1 Å². The average Bonchev–Trinajstić information content (AvgIpc) is 2.62. The number of ketones is 2. The van der Waals surface area contributed by atoms with Gasteiger partial charge in [0.15, 0.2) is 5.78 Å². The summed E-state index contributed by atoms with van der Waals surface area (Å²) in [5, 5.41) is 15.1. The highest BCUT2D eigenvalue weighted by atomic mass is 79.9. The Morgan fingerprint density at radius 3 is 2.21 bits per heavy atom. The maximum Gasteiger partial charge on any atom is 0.158 e. The molecule has 0 unspecified atom stereocenters. The largest absolute Gasteiger partial charge is 0.389 e. The number of halogens is 2. The molecule has 0 bridgehead atoms. The molecule has 0 aliphatic heterocycles. The molecule has 6 heteroatoms. The van der Waals surface area contributed by atoms with E-state index in [9.17, 15) is 14.7 Å². The fourth-order valence-corrected chi connectivity index (χ4v) is 4.62. The van der Waals surface area contributed by atoms with Crippen LogP contribution in [0.4, 0.5) is 5.69 Å². The molecule has 2 aromatic carbocycles. The fraction of sp³-hybridized carbons (Fsp3) is 0.304. The van der Waals surface area contributed by atoms with Crippen LogP contribution in [0.1, 0.15) is 38.7 Å². The number of nitrogens with one attached hydrogen (secondary N) is 1. The number of anilines is 1. The molecule has 3 atom stereocenters. The van der Waals surface area contributed by atoms with Crippen LogP contribution in [0, 0.1) is 5.92 Å². The van der Waals surface area contributed by atoms with Gasteiger partial charge < -0.3 is 10.4 Å². The third-order valence-corrected chi connectivity index (χ3v) is 6.14. The van der Waals surface area contributed by atoms with Crippen molar-refractivity contribution in [1.29, 1.82) is 0 Å². The zero-order valence-corrected chi connectivity index (χ0v) is 18.8. The molecule has 0 amide bonds. The predicted molar refractivity (Wildman–Crippen MR) is 119 cm³/mol. The van der Waals surface area contributed by atoms with Crippen molar-refractivity contribution in [2.75, 3.05) is 5.32 Å². The SMILES string of the molecule is CC(=O)C1=C(Nc2ccc(Br)cc2)C[C@@](C)(O)[C@H](C(C)=O)[C@@H]1c1ccc(Cl)cc1. The Morgan fingerprint density at radius 2 is 1.69 bits per heavy atom. The summed E-state index contributed by atoms with van der Waals surface area (Å²) >= 11 is 9.45. The lowest BCUT2D eigenvalue weighted by Gasteiger charge is -2.43. The van der Waals surface area contributed by atoms with Gasteiger partial charge in [-0.1, -0.05) is 39.7 Å². The van der Waals surface area contributed by atoms with Gasteiger partial charge in [-0.05, 0) is 62.7 Å². The highest BCUT2D eigenvalue weighted by Crippen LogP contribution is 2.47. The van der Waals surface area contributed by atoms with E-state index in [1.807, 2.05) is 36.4 Å². The Kier molecular flexibility index (Phi) is 6.32. The number of allylic oxidation sites excluding steroid dienone is 1. The normalized spacial score (nSPS) is 24.3. The van der Waals surface area contributed by atoms with E-state index in [4.69, 9.17) is 11.6 Å². The van der Waals surface area contributed by atoms with Gasteiger partial charge in [0.1, 0.15) is 5.78 Å². The summed E-state index contributed by atoms with van der Waals surface area (Å²) < 4.78 is 0.940. The lowest BCUT2D eigenvalue weighted by atomic mass is 9.64. The van der Waals surface area contributed by atoms with Gasteiger partial charge in [-0.15, -0.1) is 0 Å². The van der Waals surface area contributed by atoms with Crippen molar-refractivity contribution in [1.82, 2.24) is 0 Å². The van der Waals surface area contributed by atoms with E-state index in [0.717, 1.165) is 15.7 Å². The smallest absolute Gasteiger partial charge is 0.158 e. The van der Waals surface area contributed by atoms with Crippen LogP contribution in [0.15, 0.2) is 64.3 Å². The van der Waals surface area contributed by atoms with Crippen LogP contribution in [-0.4, -0.2) is 22.3 Å². The topological polar surface area (TPSA) is 66.4 Å². The van der Waals surface area contributed by atoms with Gasteiger partial charge in [-0.25, -0.2) is 0 Å². The van der Waals surface area contributed by atoms with E-state index in [-0.39, 0.29) is 18.0 Å². The number of benzene rings is 2. The lowest BCUT2D eigenvalue weighted by Crippen LogP contribution is -2.48. The standard InChI is InChI=1S/C23H23BrClNO3/c1-13(27)20-19(26-18-10-6-16(24)7-11-18)12-23(3,29)22(14(2)28)21(20)15-4-8-17(25)9-5-15/h4-11,21-22,26,29H,12H2,1-3H3/t21-,22-,23-/m1/s1. The van der Waals surface area contributed by atoms with Crippen molar-refractivity contribution in [2.24, 2.45) is 5.92 Å². The van der Waals surface area contributed by atoms with Crippen LogP contribution in [0.5, 0.6) is 0 Å². The van der Waals surface area contributed by atoms with Crippen molar-refractivity contribution in [3.63, 3.8) is 0 Å².